The van der Waals surface area contributed by atoms with E-state index in [1.807, 2.05) is 20.8 Å². The summed E-state index contributed by atoms with van der Waals surface area (Å²) in [6.07, 6.45) is 2.82. The van der Waals surface area contributed by atoms with Gasteiger partial charge >= 0.3 is 0 Å². The highest BCUT2D eigenvalue weighted by Crippen LogP contribution is 2.14. The van der Waals surface area contributed by atoms with Crippen LogP contribution in [0.2, 0.25) is 0 Å². The Morgan fingerprint density at radius 3 is 2.33 bits per heavy atom. The van der Waals surface area contributed by atoms with E-state index in [0.29, 0.717) is 25.2 Å². The lowest BCUT2D eigenvalue weighted by Gasteiger charge is -2.12. The van der Waals surface area contributed by atoms with Gasteiger partial charge in [0, 0.05) is 18.8 Å². The first-order valence-corrected chi connectivity index (χ1v) is 4.58. The van der Waals surface area contributed by atoms with Crippen LogP contribution in [0.25, 0.3) is 0 Å². The molecule has 0 saturated carbocycles. The maximum atomic E-state index is 10.9. The standard InChI is InChI=1S/C10H18O2/c1-4-10(12)6-5-9(7-11)8(2)3/h7-9H,4-6H2,1-3H3/t9-/m0/s1. The Balaban J connectivity index is 3.72. The summed E-state index contributed by atoms with van der Waals surface area (Å²) >= 11 is 0. The van der Waals surface area contributed by atoms with Crippen molar-refractivity contribution in [2.75, 3.05) is 0 Å². The van der Waals surface area contributed by atoms with Crippen molar-refractivity contribution in [1.29, 1.82) is 0 Å². The van der Waals surface area contributed by atoms with Crippen LogP contribution in [0.4, 0.5) is 0 Å². The summed E-state index contributed by atoms with van der Waals surface area (Å²) in [7, 11) is 0. The number of Topliss-reactive ketones (excluding diaryl/α,β-unsaturated/α-hetero) is 1. The van der Waals surface area contributed by atoms with Gasteiger partial charge in [0.1, 0.15) is 12.1 Å². The van der Waals surface area contributed by atoms with Crippen LogP contribution in [0.3, 0.4) is 0 Å². The lowest BCUT2D eigenvalue weighted by Crippen LogP contribution is -2.12. The second kappa shape index (κ2) is 5.92. The van der Waals surface area contributed by atoms with E-state index >= 15 is 0 Å². The number of hydrogen-bond donors (Lipinski definition) is 0. The second-order valence-corrected chi connectivity index (χ2v) is 3.47. The van der Waals surface area contributed by atoms with Gasteiger partial charge in [0.25, 0.3) is 0 Å². The molecule has 0 heterocycles. The van der Waals surface area contributed by atoms with Crippen molar-refractivity contribution in [2.45, 2.75) is 40.0 Å². The number of ketones is 1. The normalized spacial score (nSPS) is 13.0. The SMILES string of the molecule is CCC(=O)CC[C@@H](C=O)C(C)C. The predicted octanol–water partition coefficient (Wildman–Crippen LogP) is 2.22. The molecule has 0 bridgehead atoms. The quantitative estimate of drug-likeness (QED) is 0.573. The van der Waals surface area contributed by atoms with Gasteiger partial charge in [-0.05, 0) is 12.3 Å². The zero-order valence-electron chi connectivity index (χ0n) is 8.17. The molecule has 0 fully saturated rings. The van der Waals surface area contributed by atoms with E-state index in [1.54, 1.807) is 0 Å². The lowest BCUT2D eigenvalue weighted by atomic mass is 9.91. The summed E-state index contributed by atoms with van der Waals surface area (Å²) in [5, 5.41) is 0. The van der Waals surface area contributed by atoms with Crippen LogP contribution in [0, 0.1) is 11.8 Å². The van der Waals surface area contributed by atoms with Gasteiger partial charge in [-0.3, -0.25) is 4.79 Å². The van der Waals surface area contributed by atoms with E-state index in [9.17, 15) is 9.59 Å². The van der Waals surface area contributed by atoms with Crippen molar-refractivity contribution >= 4 is 12.1 Å². The molecule has 0 aliphatic heterocycles. The molecule has 2 heteroatoms. The van der Waals surface area contributed by atoms with Gasteiger partial charge < -0.3 is 4.79 Å². The Kier molecular flexibility index (Phi) is 5.60. The van der Waals surface area contributed by atoms with Crippen molar-refractivity contribution in [2.24, 2.45) is 11.8 Å². The fourth-order valence-electron chi connectivity index (χ4n) is 1.06. The summed E-state index contributed by atoms with van der Waals surface area (Å²) < 4.78 is 0. The maximum absolute atomic E-state index is 10.9. The summed E-state index contributed by atoms with van der Waals surface area (Å²) in [5.74, 6) is 0.662. The Morgan fingerprint density at radius 1 is 1.42 bits per heavy atom. The Morgan fingerprint density at radius 2 is 2.00 bits per heavy atom. The van der Waals surface area contributed by atoms with Crippen LogP contribution in [-0.4, -0.2) is 12.1 Å². The molecule has 70 valence electrons. The van der Waals surface area contributed by atoms with E-state index in [2.05, 4.69) is 0 Å². The highest BCUT2D eigenvalue weighted by Gasteiger charge is 2.12. The van der Waals surface area contributed by atoms with Crippen LogP contribution in [-0.2, 0) is 9.59 Å². The van der Waals surface area contributed by atoms with Crippen molar-refractivity contribution in [3.8, 4) is 0 Å². The molecule has 0 spiro atoms. The summed E-state index contributed by atoms with van der Waals surface area (Å²) in [5.41, 5.74) is 0. The molecule has 12 heavy (non-hydrogen) atoms. The minimum Gasteiger partial charge on any atom is -0.303 e. The fraction of sp³-hybridized carbons (Fsp3) is 0.800. The van der Waals surface area contributed by atoms with Gasteiger partial charge in [-0.25, -0.2) is 0 Å². The summed E-state index contributed by atoms with van der Waals surface area (Å²) in [6.45, 7) is 5.87. The molecule has 0 saturated heterocycles. The molecule has 0 aromatic rings. The number of carbonyl (C=O) groups is 2. The first kappa shape index (κ1) is 11.3. The molecule has 0 rings (SSSR count). The minimum atomic E-state index is 0.0560. The van der Waals surface area contributed by atoms with E-state index in [-0.39, 0.29) is 11.7 Å². The van der Waals surface area contributed by atoms with Gasteiger partial charge in [0.15, 0.2) is 0 Å². The highest BCUT2D eigenvalue weighted by molar-refractivity contribution is 5.78. The van der Waals surface area contributed by atoms with Crippen molar-refractivity contribution in [3.05, 3.63) is 0 Å². The molecule has 1 atom stereocenters. The average molecular weight is 170 g/mol. The minimum absolute atomic E-state index is 0.0560. The van der Waals surface area contributed by atoms with E-state index < -0.39 is 0 Å². The smallest absolute Gasteiger partial charge is 0.132 e. The van der Waals surface area contributed by atoms with E-state index in [0.717, 1.165) is 6.29 Å². The molecule has 0 aromatic heterocycles. The van der Waals surface area contributed by atoms with Crippen LogP contribution in [0.1, 0.15) is 40.0 Å². The molecule has 0 amide bonds. The zero-order chi connectivity index (χ0) is 9.56. The summed E-state index contributed by atoms with van der Waals surface area (Å²) in [6, 6.07) is 0. The largest absolute Gasteiger partial charge is 0.303 e. The van der Waals surface area contributed by atoms with E-state index in [4.69, 9.17) is 0 Å². The number of carbonyl (C=O) groups excluding carboxylic acids is 2. The third-order valence-corrected chi connectivity index (χ3v) is 2.18. The lowest BCUT2D eigenvalue weighted by molar-refractivity contribution is -0.119. The molecule has 0 radical (unpaired) electrons. The van der Waals surface area contributed by atoms with Gasteiger partial charge in [0.05, 0.1) is 0 Å². The van der Waals surface area contributed by atoms with Crippen LogP contribution >= 0.6 is 0 Å². The molecular formula is C10H18O2. The van der Waals surface area contributed by atoms with Crippen LogP contribution < -0.4 is 0 Å². The molecule has 0 aliphatic rings. The van der Waals surface area contributed by atoms with Gasteiger partial charge in [0.2, 0.25) is 0 Å². The molecule has 0 aliphatic carbocycles. The maximum Gasteiger partial charge on any atom is 0.132 e. The van der Waals surface area contributed by atoms with Crippen LogP contribution in [0.15, 0.2) is 0 Å². The van der Waals surface area contributed by atoms with Gasteiger partial charge in [-0.2, -0.15) is 0 Å². The fourth-order valence-corrected chi connectivity index (χ4v) is 1.06. The Hall–Kier alpha value is -0.660. The number of aldehydes is 1. The number of hydrogen-bond acceptors (Lipinski definition) is 2. The third kappa shape index (κ3) is 4.27. The first-order chi connectivity index (χ1) is 5.61. The Labute approximate surface area is 74.3 Å². The van der Waals surface area contributed by atoms with Crippen molar-refractivity contribution in [3.63, 3.8) is 0 Å². The van der Waals surface area contributed by atoms with Crippen molar-refractivity contribution in [1.82, 2.24) is 0 Å². The molecule has 0 N–H and O–H groups in total. The zero-order valence-corrected chi connectivity index (χ0v) is 8.17. The molecule has 0 aromatic carbocycles. The topological polar surface area (TPSA) is 34.1 Å². The third-order valence-electron chi connectivity index (χ3n) is 2.18. The average Bonchev–Trinajstić information content (AvgIpc) is 2.04. The van der Waals surface area contributed by atoms with Crippen LogP contribution in [0.5, 0.6) is 0 Å². The monoisotopic (exact) mass is 170 g/mol. The molecule has 2 nitrogen and oxygen atoms in total. The van der Waals surface area contributed by atoms with Crippen molar-refractivity contribution < 1.29 is 9.59 Å². The molecular weight excluding hydrogens is 152 g/mol. The molecule has 0 unspecified atom stereocenters. The first-order valence-electron chi connectivity index (χ1n) is 4.58. The van der Waals surface area contributed by atoms with Gasteiger partial charge in [-0.15, -0.1) is 0 Å². The number of rotatable bonds is 6. The van der Waals surface area contributed by atoms with E-state index in [1.165, 1.54) is 0 Å². The Bertz CT molecular complexity index is 150. The second-order valence-electron chi connectivity index (χ2n) is 3.47. The summed E-state index contributed by atoms with van der Waals surface area (Å²) in [4.78, 5) is 21.5. The predicted molar refractivity (Wildman–Crippen MR) is 48.9 cm³/mol. The van der Waals surface area contributed by atoms with Gasteiger partial charge in [-0.1, -0.05) is 20.8 Å². The highest BCUT2D eigenvalue weighted by atomic mass is 16.1.